The first-order chi connectivity index (χ1) is 7.63. The quantitative estimate of drug-likeness (QED) is 0.815. The molecule has 0 N–H and O–H groups in total. The van der Waals surface area contributed by atoms with Gasteiger partial charge in [-0.3, -0.25) is 4.79 Å². The number of Topliss-reactive ketones (excluding diaryl/α,β-unsaturated/α-hetero) is 1. The van der Waals surface area contributed by atoms with E-state index in [2.05, 4.69) is 0 Å². The fraction of sp³-hybridized carbons (Fsp3) is 0.364. The van der Waals surface area contributed by atoms with Crippen LogP contribution in [-0.4, -0.2) is 19.7 Å². The van der Waals surface area contributed by atoms with Crippen LogP contribution in [0.4, 0.5) is 0 Å². The number of ketones is 1. The zero-order valence-electron chi connectivity index (χ0n) is 9.00. The second-order valence-electron chi connectivity index (χ2n) is 3.48. The zero-order chi connectivity index (χ0) is 11.7. The van der Waals surface area contributed by atoms with Crippen molar-refractivity contribution in [2.45, 2.75) is 13.3 Å². The molecular formula is C11H11ClO4. The van der Waals surface area contributed by atoms with Gasteiger partial charge in [0.05, 0.1) is 12.1 Å². The maximum absolute atomic E-state index is 11.2. The SMILES string of the molecule is COc1c(Cl)cc2c(c1CC(C)=O)OCO2. The molecule has 1 aromatic rings. The molecule has 0 spiro atoms. The van der Waals surface area contributed by atoms with Gasteiger partial charge in [0.25, 0.3) is 0 Å². The van der Waals surface area contributed by atoms with Crippen molar-refractivity contribution >= 4 is 17.4 Å². The molecule has 0 unspecified atom stereocenters. The molecule has 0 bridgehead atoms. The predicted octanol–water partition coefficient (Wildman–Crippen LogP) is 2.21. The van der Waals surface area contributed by atoms with E-state index in [0.717, 1.165) is 0 Å². The average Bonchev–Trinajstić information content (AvgIpc) is 2.64. The summed E-state index contributed by atoms with van der Waals surface area (Å²) in [6.45, 7) is 1.65. The molecule has 0 fully saturated rings. The molecule has 1 heterocycles. The van der Waals surface area contributed by atoms with Gasteiger partial charge in [-0.05, 0) is 6.92 Å². The fourth-order valence-electron chi connectivity index (χ4n) is 1.69. The van der Waals surface area contributed by atoms with Crippen LogP contribution >= 0.6 is 11.6 Å². The third-order valence-corrected chi connectivity index (χ3v) is 2.57. The summed E-state index contributed by atoms with van der Waals surface area (Å²) in [5.74, 6) is 1.60. The monoisotopic (exact) mass is 242 g/mol. The van der Waals surface area contributed by atoms with Crippen LogP contribution in [0, 0.1) is 0 Å². The highest BCUT2D eigenvalue weighted by Crippen LogP contribution is 2.45. The summed E-state index contributed by atoms with van der Waals surface area (Å²) < 4.78 is 15.7. The number of ether oxygens (including phenoxy) is 3. The van der Waals surface area contributed by atoms with Crippen molar-refractivity contribution in [3.63, 3.8) is 0 Å². The second kappa shape index (κ2) is 4.22. The lowest BCUT2D eigenvalue weighted by atomic mass is 10.1. The van der Waals surface area contributed by atoms with Crippen LogP contribution < -0.4 is 14.2 Å². The van der Waals surface area contributed by atoms with Crippen molar-refractivity contribution in [1.29, 1.82) is 0 Å². The molecule has 0 aromatic heterocycles. The van der Waals surface area contributed by atoms with Gasteiger partial charge >= 0.3 is 0 Å². The molecule has 0 saturated carbocycles. The number of carbonyl (C=O) groups excluding carboxylic acids is 1. The molecule has 0 radical (unpaired) electrons. The van der Waals surface area contributed by atoms with Crippen LogP contribution in [0.25, 0.3) is 0 Å². The van der Waals surface area contributed by atoms with E-state index in [4.69, 9.17) is 25.8 Å². The third-order valence-electron chi connectivity index (χ3n) is 2.29. The van der Waals surface area contributed by atoms with E-state index in [9.17, 15) is 4.79 Å². The highest BCUT2D eigenvalue weighted by Gasteiger charge is 2.25. The van der Waals surface area contributed by atoms with Crippen molar-refractivity contribution in [1.82, 2.24) is 0 Å². The lowest BCUT2D eigenvalue weighted by Gasteiger charge is -2.11. The van der Waals surface area contributed by atoms with E-state index in [1.165, 1.54) is 14.0 Å². The maximum Gasteiger partial charge on any atom is 0.231 e. The molecule has 0 atom stereocenters. The first-order valence-corrected chi connectivity index (χ1v) is 5.15. The lowest BCUT2D eigenvalue weighted by molar-refractivity contribution is -0.116. The highest BCUT2D eigenvalue weighted by atomic mass is 35.5. The van der Waals surface area contributed by atoms with E-state index in [-0.39, 0.29) is 19.0 Å². The Balaban J connectivity index is 2.56. The summed E-state index contributed by atoms with van der Waals surface area (Å²) >= 11 is 6.02. The maximum atomic E-state index is 11.2. The van der Waals surface area contributed by atoms with Gasteiger partial charge in [0.2, 0.25) is 6.79 Å². The molecule has 5 heteroatoms. The number of halogens is 1. The van der Waals surface area contributed by atoms with Crippen LogP contribution in [0.15, 0.2) is 6.07 Å². The Hall–Kier alpha value is -1.42. The molecule has 4 nitrogen and oxygen atoms in total. The average molecular weight is 243 g/mol. The minimum Gasteiger partial charge on any atom is -0.495 e. The molecule has 2 rings (SSSR count). The molecule has 0 amide bonds. The van der Waals surface area contributed by atoms with Crippen LogP contribution in [0.3, 0.4) is 0 Å². The van der Waals surface area contributed by atoms with Crippen LogP contribution in [-0.2, 0) is 11.2 Å². The van der Waals surface area contributed by atoms with Gasteiger partial charge in [-0.25, -0.2) is 0 Å². The van der Waals surface area contributed by atoms with E-state index in [1.54, 1.807) is 6.07 Å². The number of methoxy groups -OCH3 is 1. The van der Waals surface area contributed by atoms with Crippen LogP contribution in [0.1, 0.15) is 12.5 Å². The Bertz CT molecular complexity index is 438. The summed E-state index contributed by atoms with van der Waals surface area (Å²) in [5.41, 5.74) is 0.648. The van der Waals surface area contributed by atoms with Crippen molar-refractivity contribution in [3.8, 4) is 17.2 Å². The van der Waals surface area contributed by atoms with E-state index < -0.39 is 0 Å². The van der Waals surface area contributed by atoms with Gasteiger partial charge in [0.15, 0.2) is 11.5 Å². The zero-order valence-corrected chi connectivity index (χ0v) is 9.76. The topological polar surface area (TPSA) is 44.8 Å². The van der Waals surface area contributed by atoms with Gasteiger partial charge in [-0.15, -0.1) is 0 Å². The highest BCUT2D eigenvalue weighted by molar-refractivity contribution is 6.32. The van der Waals surface area contributed by atoms with Gasteiger partial charge in [-0.1, -0.05) is 11.6 Å². The van der Waals surface area contributed by atoms with Crippen LogP contribution in [0.2, 0.25) is 5.02 Å². The van der Waals surface area contributed by atoms with E-state index in [1.807, 2.05) is 0 Å². The molecule has 1 aliphatic heterocycles. The molecule has 86 valence electrons. The Morgan fingerprint density at radius 3 is 2.94 bits per heavy atom. The van der Waals surface area contributed by atoms with Crippen molar-refractivity contribution in [3.05, 3.63) is 16.7 Å². The predicted molar refractivity (Wildman–Crippen MR) is 58.5 cm³/mol. The Morgan fingerprint density at radius 2 is 2.31 bits per heavy atom. The summed E-state index contributed by atoms with van der Waals surface area (Å²) in [7, 11) is 1.51. The number of carbonyl (C=O) groups is 1. The Labute approximate surface area is 98.1 Å². The van der Waals surface area contributed by atoms with Gasteiger partial charge in [0.1, 0.15) is 11.5 Å². The van der Waals surface area contributed by atoms with Gasteiger partial charge < -0.3 is 14.2 Å². The first kappa shape index (κ1) is 11.1. The molecule has 1 aromatic carbocycles. The molecule has 0 aliphatic carbocycles. The molecule has 1 aliphatic rings. The van der Waals surface area contributed by atoms with Crippen LogP contribution in [0.5, 0.6) is 17.2 Å². The molecular weight excluding hydrogens is 232 g/mol. The van der Waals surface area contributed by atoms with E-state index >= 15 is 0 Å². The normalized spacial score (nSPS) is 12.7. The minimum atomic E-state index is 0.0123. The smallest absolute Gasteiger partial charge is 0.231 e. The van der Waals surface area contributed by atoms with Crippen molar-refractivity contribution in [2.24, 2.45) is 0 Å². The van der Waals surface area contributed by atoms with E-state index in [0.29, 0.717) is 27.8 Å². The standard InChI is InChI=1S/C11H11ClO4/c1-6(13)3-7-10(14-2)8(12)4-9-11(7)16-5-15-9/h4H,3,5H2,1-2H3. The Morgan fingerprint density at radius 1 is 1.56 bits per heavy atom. The number of rotatable bonds is 3. The number of benzene rings is 1. The number of hydrogen-bond donors (Lipinski definition) is 0. The Kier molecular flexibility index (Phi) is 2.92. The third kappa shape index (κ3) is 1.80. The number of fused-ring (bicyclic) bond motifs is 1. The van der Waals surface area contributed by atoms with Gasteiger partial charge in [-0.2, -0.15) is 0 Å². The number of hydrogen-bond acceptors (Lipinski definition) is 4. The molecule has 0 saturated heterocycles. The first-order valence-electron chi connectivity index (χ1n) is 4.78. The summed E-state index contributed by atoms with van der Waals surface area (Å²) in [4.78, 5) is 11.2. The second-order valence-corrected chi connectivity index (χ2v) is 3.89. The van der Waals surface area contributed by atoms with Crippen molar-refractivity contribution in [2.75, 3.05) is 13.9 Å². The fourth-order valence-corrected chi connectivity index (χ4v) is 1.98. The molecule has 16 heavy (non-hydrogen) atoms. The van der Waals surface area contributed by atoms with Gasteiger partial charge in [0, 0.05) is 18.1 Å². The minimum absolute atomic E-state index is 0.0123. The summed E-state index contributed by atoms with van der Waals surface area (Å²) in [5, 5.41) is 0.419. The lowest BCUT2D eigenvalue weighted by Crippen LogP contribution is -2.02. The van der Waals surface area contributed by atoms with Crippen molar-refractivity contribution < 1.29 is 19.0 Å². The largest absolute Gasteiger partial charge is 0.495 e. The summed E-state index contributed by atoms with van der Waals surface area (Å²) in [6.07, 6.45) is 0.218. The summed E-state index contributed by atoms with van der Waals surface area (Å²) in [6, 6.07) is 1.63.